The second-order valence-corrected chi connectivity index (χ2v) is 4.11. The zero-order valence-electron chi connectivity index (χ0n) is 10.6. The molecule has 0 amide bonds. The molecule has 0 aliphatic rings. The highest BCUT2D eigenvalue weighted by atomic mass is 16.3. The van der Waals surface area contributed by atoms with Crippen molar-refractivity contribution in [2.75, 3.05) is 13.1 Å². The number of hydrogen-bond acceptors (Lipinski definition) is 2. The van der Waals surface area contributed by atoms with Crippen LogP contribution in [0.2, 0.25) is 0 Å². The Balaban J connectivity index is 2.92. The van der Waals surface area contributed by atoms with Crippen molar-refractivity contribution < 1.29 is 5.11 Å². The van der Waals surface area contributed by atoms with E-state index in [9.17, 15) is 5.11 Å². The highest BCUT2D eigenvalue weighted by Gasteiger charge is 2.18. The molecule has 0 bridgehead atoms. The topological polar surface area (TPSA) is 23.5 Å². The van der Waals surface area contributed by atoms with Crippen molar-refractivity contribution >= 4 is 0 Å². The molecule has 1 unspecified atom stereocenters. The Morgan fingerprint density at radius 1 is 1.19 bits per heavy atom. The van der Waals surface area contributed by atoms with Crippen LogP contribution in [0.25, 0.3) is 0 Å². The van der Waals surface area contributed by atoms with Crippen LogP contribution in [0.5, 0.6) is 5.75 Å². The maximum Gasteiger partial charge on any atom is 0.120 e. The second kappa shape index (κ2) is 6.54. The fourth-order valence-electron chi connectivity index (χ4n) is 2.27. The highest BCUT2D eigenvalue weighted by Crippen LogP contribution is 2.30. The molecule has 0 aromatic heterocycles. The van der Waals surface area contributed by atoms with Crippen LogP contribution in [0.4, 0.5) is 0 Å². The molecule has 1 aromatic rings. The van der Waals surface area contributed by atoms with Crippen LogP contribution in [-0.2, 0) is 0 Å². The number of aromatic hydroxyl groups is 1. The monoisotopic (exact) mass is 221 g/mol. The van der Waals surface area contributed by atoms with Gasteiger partial charge in [0.1, 0.15) is 5.75 Å². The van der Waals surface area contributed by atoms with E-state index in [1.165, 1.54) is 0 Å². The first-order valence-electron chi connectivity index (χ1n) is 6.26. The summed E-state index contributed by atoms with van der Waals surface area (Å²) in [6.07, 6.45) is 2.18. The molecule has 2 heteroatoms. The summed E-state index contributed by atoms with van der Waals surface area (Å²) >= 11 is 0. The predicted octanol–water partition coefficient (Wildman–Crippen LogP) is 3.58. The van der Waals surface area contributed by atoms with Gasteiger partial charge >= 0.3 is 0 Å². The standard InChI is InChI=1S/C14H23NO/c1-4-11-15(6-3)13(5-2)12-9-7-8-10-14(12)16/h7-10,13,16H,4-6,11H2,1-3H3. The van der Waals surface area contributed by atoms with E-state index < -0.39 is 0 Å². The van der Waals surface area contributed by atoms with Gasteiger partial charge in [0.05, 0.1) is 0 Å². The van der Waals surface area contributed by atoms with E-state index in [2.05, 4.69) is 25.7 Å². The van der Waals surface area contributed by atoms with E-state index in [0.717, 1.165) is 31.5 Å². The molecule has 0 saturated carbocycles. The van der Waals surface area contributed by atoms with E-state index in [-0.39, 0.29) is 0 Å². The maximum absolute atomic E-state index is 9.90. The SMILES string of the molecule is CCCN(CC)C(CC)c1ccccc1O. The largest absolute Gasteiger partial charge is 0.508 e. The summed E-state index contributed by atoms with van der Waals surface area (Å²) in [5.74, 6) is 0.420. The van der Waals surface area contributed by atoms with Crippen LogP contribution < -0.4 is 0 Å². The van der Waals surface area contributed by atoms with Crippen LogP contribution in [0.15, 0.2) is 24.3 Å². The fraction of sp³-hybridized carbons (Fsp3) is 0.571. The number of hydrogen-bond donors (Lipinski definition) is 1. The third-order valence-electron chi connectivity index (χ3n) is 3.04. The zero-order chi connectivity index (χ0) is 12.0. The Morgan fingerprint density at radius 2 is 1.88 bits per heavy atom. The molecule has 2 nitrogen and oxygen atoms in total. The number of rotatable bonds is 6. The Bertz CT molecular complexity index is 311. The van der Waals surface area contributed by atoms with E-state index >= 15 is 0 Å². The van der Waals surface area contributed by atoms with Gasteiger partial charge in [-0.25, -0.2) is 0 Å². The van der Waals surface area contributed by atoms with Gasteiger partial charge in [-0.2, -0.15) is 0 Å². The molecular formula is C14H23NO. The first-order chi connectivity index (χ1) is 7.74. The number of para-hydroxylation sites is 1. The molecule has 0 radical (unpaired) electrons. The van der Waals surface area contributed by atoms with Crippen molar-refractivity contribution in [3.8, 4) is 5.75 Å². The van der Waals surface area contributed by atoms with E-state index in [4.69, 9.17) is 0 Å². The van der Waals surface area contributed by atoms with E-state index in [1.807, 2.05) is 18.2 Å². The third-order valence-corrected chi connectivity index (χ3v) is 3.04. The lowest BCUT2D eigenvalue weighted by atomic mass is 10.0. The minimum atomic E-state index is 0.339. The summed E-state index contributed by atoms with van der Waals surface area (Å²) in [6, 6.07) is 8.02. The Kier molecular flexibility index (Phi) is 5.33. The lowest BCUT2D eigenvalue weighted by Crippen LogP contribution is -2.29. The summed E-state index contributed by atoms with van der Waals surface area (Å²) in [5, 5.41) is 9.90. The van der Waals surface area contributed by atoms with Crippen molar-refractivity contribution in [2.45, 2.75) is 39.7 Å². The molecule has 0 spiro atoms. The number of phenolic OH excluding ortho intramolecular Hbond substituents is 1. The van der Waals surface area contributed by atoms with Gasteiger partial charge in [0.2, 0.25) is 0 Å². The number of phenols is 1. The maximum atomic E-state index is 9.90. The van der Waals surface area contributed by atoms with Crippen molar-refractivity contribution in [1.82, 2.24) is 4.90 Å². The van der Waals surface area contributed by atoms with Crippen LogP contribution in [0, 0.1) is 0 Å². The molecule has 0 heterocycles. The van der Waals surface area contributed by atoms with Crippen LogP contribution >= 0.6 is 0 Å². The Labute approximate surface area is 98.9 Å². The first kappa shape index (κ1) is 13.0. The molecule has 1 rings (SSSR count). The third kappa shape index (κ3) is 2.99. The van der Waals surface area contributed by atoms with Gasteiger partial charge in [-0.1, -0.05) is 39.0 Å². The van der Waals surface area contributed by atoms with E-state index in [0.29, 0.717) is 11.8 Å². The van der Waals surface area contributed by atoms with Crippen molar-refractivity contribution in [2.24, 2.45) is 0 Å². The van der Waals surface area contributed by atoms with Crippen molar-refractivity contribution in [1.29, 1.82) is 0 Å². The summed E-state index contributed by atoms with van der Waals surface area (Å²) in [6.45, 7) is 8.66. The zero-order valence-corrected chi connectivity index (χ0v) is 10.6. The summed E-state index contributed by atoms with van der Waals surface area (Å²) in [5.41, 5.74) is 1.06. The average Bonchev–Trinajstić information content (AvgIpc) is 2.31. The summed E-state index contributed by atoms with van der Waals surface area (Å²) in [4.78, 5) is 2.43. The van der Waals surface area contributed by atoms with Crippen molar-refractivity contribution in [3.05, 3.63) is 29.8 Å². The normalized spacial score (nSPS) is 13.0. The minimum absolute atomic E-state index is 0.339. The first-order valence-corrected chi connectivity index (χ1v) is 6.26. The molecule has 0 fully saturated rings. The molecule has 16 heavy (non-hydrogen) atoms. The van der Waals surface area contributed by atoms with Gasteiger partial charge < -0.3 is 5.11 Å². The molecule has 0 aliphatic carbocycles. The second-order valence-electron chi connectivity index (χ2n) is 4.11. The number of benzene rings is 1. The lowest BCUT2D eigenvalue weighted by Gasteiger charge is -2.30. The molecule has 1 N–H and O–H groups in total. The summed E-state index contributed by atoms with van der Waals surface area (Å²) < 4.78 is 0. The van der Waals surface area contributed by atoms with Gasteiger partial charge in [-0.05, 0) is 32.0 Å². The molecule has 0 aliphatic heterocycles. The van der Waals surface area contributed by atoms with Gasteiger partial charge in [0.15, 0.2) is 0 Å². The number of nitrogens with zero attached hydrogens (tertiary/aromatic N) is 1. The molecule has 1 aromatic carbocycles. The van der Waals surface area contributed by atoms with Crippen LogP contribution in [-0.4, -0.2) is 23.1 Å². The highest BCUT2D eigenvalue weighted by molar-refractivity contribution is 5.34. The Hall–Kier alpha value is -1.02. The molecule has 0 saturated heterocycles. The molecule has 1 atom stereocenters. The molecule has 90 valence electrons. The average molecular weight is 221 g/mol. The quantitative estimate of drug-likeness (QED) is 0.793. The van der Waals surface area contributed by atoms with E-state index in [1.54, 1.807) is 6.07 Å². The van der Waals surface area contributed by atoms with Gasteiger partial charge in [-0.3, -0.25) is 4.90 Å². The molecular weight excluding hydrogens is 198 g/mol. The van der Waals surface area contributed by atoms with Gasteiger partial charge in [-0.15, -0.1) is 0 Å². The van der Waals surface area contributed by atoms with Crippen LogP contribution in [0.3, 0.4) is 0 Å². The lowest BCUT2D eigenvalue weighted by molar-refractivity contribution is 0.199. The smallest absolute Gasteiger partial charge is 0.120 e. The predicted molar refractivity (Wildman–Crippen MR) is 68.7 cm³/mol. The van der Waals surface area contributed by atoms with Gasteiger partial charge in [0.25, 0.3) is 0 Å². The minimum Gasteiger partial charge on any atom is -0.508 e. The Morgan fingerprint density at radius 3 is 2.38 bits per heavy atom. The van der Waals surface area contributed by atoms with Gasteiger partial charge in [0, 0.05) is 11.6 Å². The fourth-order valence-corrected chi connectivity index (χ4v) is 2.27. The van der Waals surface area contributed by atoms with Crippen molar-refractivity contribution in [3.63, 3.8) is 0 Å². The van der Waals surface area contributed by atoms with Crippen LogP contribution in [0.1, 0.15) is 45.2 Å². The summed E-state index contributed by atoms with van der Waals surface area (Å²) in [7, 11) is 0.